The lowest BCUT2D eigenvalue weighted by Gasteiger charge is -2.13. The Morgan fingerprint density at radius 2 is 1.69 bits per heavy atom. The number of carbonyl (C=O) groups is 2. The lowest BCUT2D eigenvalue weighted by atomic mass is 9.92. The fourth-order valence-electron chi connectivity index (χ4n) is 1.75. The summed E-state index contributed by atoms with van der Waals surface area (Å²) >= 11 is 0. The van der Waals surface area contributed by atoms with E-state index in [9.17, 15) is 14.4 Å². The van der Waals surface area contributed by atoms with Crippen molar-refractivity contribution in [2.24, 2.45) is 0 Å². The molecule has 82 valence electrons. The molecular formula is C12H11NO3. The first-order valence-electron chi connectivity index (χ1n) is 4.94. The molecule has 2 rings (SSSR count). The van der Waals surface area contributed by atoms with Crippen LogP contribution in [0.4, 0.5) is 0 Å². The van der Waals surface area contributed by atoms with Gasteiger partial charge in [0.2, 0.25) is 5.78 Å². The molecule has 1 N–H and O–H groups in total. The molecule has 1 aromatic rings. The highest BCUT2D eigenvalue weighted by Gasteiger charge is 2.27. The number of pyridine rings is 1. The number of H-pyrrole nitrogens is 1. The molecule has 0 amide bonds. The van der Waals surface area contributed by atoms with Gasteiger partial charge in [0.1, 0.15) is 5.69 Å². The Balaban J connectivity index is 2.89. The van der Waals surface area contributed by atoms with E-state index in [0.717, 1.165) is 0 Å². The summed E-state index contributed by atoms with van der Waals surface area (Å²) in [5.74, 6) is -0.675. The number of hydrogen-bond donors (Lipinski definition) is 1. The Labute approximate surface area is 92.0 Å². The van der Waals surface area contributed by atoms with Crippen molar-refractivity contribution in [3.8, 4) is 0 Å². The van der Waals surface area contributed by atoms with Crippen LogP contribution in [0.15, 0.2) is 16.4 Å². The third kappa shape index (κ3) is 1.26. The third-order valence-electron chi connectivity index (χ3n) is 2.87. The predicted molar refractivity (Wildman–Crippen MR) is 59.0 cm³/mol. The average Bonchev–Trinajstić information content (AvgIpc) is 2.22. The predicted octanol–water partition coefficient (Wildman–Crippen LogP) is 1.32. The Morgan fingerprint density at radius 3 is 2.31 bits per heavy atom. The van der Waals surface area contributed by atoms with Crippen molar-refractivity contribution in [2.75, 3.05) is 0 Å². The number of ketones is 2. The Hall–Kier alpha value is -1.97. The van der Waals surface area contributed by atoms with Crippen LogP contribution in [-0.2, 0) is 0 Å². The molecule has 1 heterocycles. The van der Waals surface area contributed by atoms with E-state index in [-0.39, 0.29) is 28.3 Å². The van der Waals surface area contributed by atoms with Gasteiger partial charge >= 0.3 is 0 Å². The minimum atomic E-state index is -0.362. The van der Waals surface area contributed by atoms with E-state index in [1.807, 2.05) is 0 Å². The van der Waals surface area contributed by atoms with E-state index < -0.39 is 0 Å². The smallest absolute Gasteiger partial charge is 0.203 e. The van der Waals surface area contributed by atoms with E-state index >= 15 is 0 Å². The monoisotopic (exact) mass is 217 g/mol. The summed E-state index contributed by atoms with van der Waals surface area (Å²) in [6, 6.07) is 0. The SMILES string of the molecule is CC1=CC(=O)c2[nH]c(C)c(C)c(=O)c2C1=O. The van der Waals surface area contributed by atoms with Gasteiger partial charge in [0.15, 0.2) is 11.2 Å². The molecule has 0 bridgehead atoms. The molecule has 1 aliphatic carbocycles. The second-order valence-corrected chi connectivity index (χ2v) is 3.97. The van der Waals surface area contributed by atoms with E-state index in [2.05, 4.69) is 4.98 Å². The van der Waals surface area contributed by atoms with Crippen molar-refractivity contribution in [1.29, 1.82) is 0 Å². The second-order valence-electron chi connectivity index (χ2n) is 3.97. The number of aromatic amines is 1. The topological polar surface area (TPSA) is 67.0 Å². The van der Waals surface area contributed by atoms with Gasteiger partial charge in [0.05, 0.1) is 5.56 Å². The second kappa shape index (κ2) is 3.27. The van der Waals surface area contributed by atoms with Gasteiger partial charge in [-0.2, -0.15) is 0 Å². The van der Waals surface area contributed by atoms with Crippen molar-refractivity contribution < 1.29 is 9.59 Å². The molecule has 0 unspecified atom stereocenters. The van der Waals surface area contributed by atoms with E-state index in [1.54, 1.807) is 13.8 Å². The Bertz CT molecular complexity index is 605. The zero-order chi connectivity index (χ0) is 12.0. The summed E-state index contributed by atoms with van der Waals surface area (Å²) in [6.07, 6.45) is 1.26. The van der Waals surface area contributed by atoms with Crippen LogP contribution in [0.1, 0.15) is 39.0 Å². The number of carbonyl (C=O) groups excluding carboxylic acids is 2. The van der Waals surface area contributed by atoms with E-state index in [4.69, 9.17) is 0 Å². The number of hydrogen-bond acceptors (Lipinski definition) is 3. The van der Waals surface area contributed by atoms with Crippen LogP contribution in [0.2, 0.25) is 0 Å². The molecule has 0 aromatic carbocycles. The number of Topliss-reactive ketones (excluding diaryl/α,β-unsaturated/α-hetero) is 1. The van der Waals surface area contributed by atoms with Crippen molar-refractivity contribution in [3.63, 3.8) is 0 Å². The van der Waals surface area contributed by atoms with Gasteiger partial charge in [-0.15, -0.1) is 0 Å². The van der Waals surface area contributed by atoms with Crippen LogP contribution in [-0.4, -0.2) is 16.6 Å². The molecule has 1 aliphatic rings. The first kappa shape index (κ1) is 10.5. The maximum atomic E-state index is 11.9. The van der Waals surface area contributed by atoms with Crippen LogP contribution in [0.25, 0.3) is 0 Å². The highest BCUT2D eigenvalue weighted by Crippen LogP contribution is 2.17. The summed E-state index contributed by atoms with van der Waals surface area (Å²) in [4.78, 5) is 38.2. The fraction of sp³-hybridized carbons (Fsp3) is 0.250. The summed E-state index contributed by atoms with van der Waals surface area (Å²) in [5, 5.41) is 0. The molecule has 0 saturated heterocycles. The fourth-order valence-corrected chi connectivity index (χ4v) is 1.75. The number of aryl methyl sites for hydroxylation is 1. The summed E-state index contributed by atoms with van der Waals surface area (Å²) in [5.41, 5.74) is 1.16. The zero-order valence-electron chi connectivity index (χ0n) is 9.30. The van der Waals surface area contributed by atoms with Gasteiger partial charge < -0.3 is 4.98 Å². The summed E-state index contributed by atoms with van der Waals surface area (Å²) in [7, 11) is 0. The van der Waals surface area contributed by atoms with Gasteiger partial charge in [0, 0.05) is 16.8 Å². The maximum Gasteiger partial charge on any atom is 0.203 e. The maximum absolute atomic E-state index is 11.9. The van der Waals surface area contributed by atoms with Crippen LogP contribution in [0.3, 0.4) is 0 Å². The zero-order valence-corrected chi connectivity index (χ0v) is 9.30. The molecule has 4 nitrogen and oxygen atoms in total. The standard InChI is InChI=1S/C12H11NO3/c1-5-4-8(14)10-9(11(5)15)12(16)6(2)7(3)13-10/h4H,1-3H3,(H,13,16). The molecule has 0 aliphatic heterocycles. The first-order valence-corrected chi connectivity index (χ1v) is 4.94. The first-order chi connectivity index (χ1) is 7.43. The molecule has 0 spiro atoms. The molecule has 0 atom stereocenters. The third-order valence-corrected chi connectivity index (χ3v) is 2.87. The molecule has 16 heavy (non-hydrogen) atoms. The number of fused-ring (bicyclic) bond motifs is 1. The summed E-state index contributed by atoms with van der Waals surface area (Å²) in [6.45, 7) is 4.89. The normalized spacial score (nSPS) is 14.8. The Kier molecular flexibility index (Phi) is 2.15. The van der Waals surface area contributed by atoms with Crippen LogP contribution < -0.4 is 5.43 Å². The van der Waals surface area contributed by atoms with Crippen molar-refractivity contribution in [1.82, 2.24) is 4.98 Å². The highest BCUT2D eigenvalue weighted by atomic mass is 16.1. The lowest BCUT2D eigenvalue weighted by molar-refractivity contribution is 0.0980. The van der Waals surface area contributed by atoms with Crippen molar-refractivity contribution >= 4 is 11.6 Å². The van der Waals surface area contributed by atoms with E-state index in [1.165, 1.54) is 13.0 Å². The minimum absolute atomic E-state index is 0.0203. The molecular weight excluding hydrogens is 206 g/mol. The van der Waals surface area contributed by atoms with Gasteiger partial charge in [-0.1, -0.05) is 0 Å². The van der Waals surface area contributed by atoms with Crippen LogP contribution in [0.5, 0.6) is 0 Å². The van der Waals surface area contributed by atoms with Crippen LogP contribution >= 0.6 is 0 Å². The largest absolute Gasteiger partial charge is 0.355 e. The molecule has 1 aromatic heterocycles. The van der Waals surface area contributed by atoms with Gasteiger partial charge in [0.25, 0.3) is 0 Å². The van der Waals surface area contributed by atoms with Crippen molar-refractivity contribution in [3.05, 3.63) is 44.4 Å². The number of nitrogens with one attached hydrogen (secondary N) is 1. The van der Waals surface area contributed by atoms with Crippen molar-refractivity contribution in [2.45, 2.75) is 20.8 Å². The van der Waals surface area contributed by atoms with Gasteiger partial charge in [-0.3, -0.25) is 14.4 Å². The molecule has 4 heteroatoms. The molecule has 0 saturated carbocycles. The van der Waals surface area contributed by atoms with Crippen LogP contribution in [0, 0.1) is 13.8 Å². The number of rotatable bonds is 0. The minimum Gasteiger partial charge on any atom is -0.355 e. The lowest BCUT2D eigenvalue weighted by Crippen LogP contribution is -2.28. The molecule has 0 fully saturated rings. The van der Waals surface area contributed by atoms with E-state index in [0.29, 0.717) is 16.8 Å². The number of aromatic nitrogens is 1. The Morgan fingerprint density at radius 1 is 1.06 bits per heavy atom. The highest BCUT2D eigenvalue weighted by molar-refractivity contribution is 6.23. The summed E-state index contributed by atoms with van der Waals surface area (Å²) < 4.78 is 0. The average molecular weight is 217 g/mol. The van der Waals surface area contributed by atoms with Gasteiger partial charge in [-0.05, 0) is 26.8 Å². The molecule has 0 radical (unpaired) electrons. The van der Waals surface area contributed by atoms with Gasteiger partial charge in [-0.25, -0.2) is 0 Å². The quantitative estimate of drug-likeness (QED) is 0.712. The number of allylic oxidation sites excluding steroid dienone is 2.